The minimum absolute atomic E-state index is 0.00639. The molecule has 0 amide bonds. The van der Waals surface area contributed by atoms with Gasteiger partial charge in [-0.15, -0.1) is 0 Å². The summed E-state index contributed by atoms with van der Waals surface area (Å²) in [6.45, 7) is 1.56. The van der Waals surface area contributed by atoms with Crippen molar-refractivity contribution in [1.29, 1.82) is 0 Å². The van der Waals surface area contributed by atoms with Crippen molar-refractivity contribution in [1.82, 2.24) is 9.97 Å². The molecule has 2 aromatic rings. The number of pyridine rings is 1. The summed E-state index contributed by atoms with van der Waals surface area (Å²) in [5, 5.41) is 9.07. The summed E-state index contributed by atoms with van der Waals surface area (Å²) in [6, 6.07) is 0. The fraction of sp³-hybridized carbons (Fsp3) is 0.111. The maximum Gasteiger partial charge on any atom is 0.352 e. The Hall–Kier alpha value is -1.91. The number of halogens is 1. The van der Waals surface area contributed by atoms with E-state index in [-0.39, 0.29) is 11.1 Å². The van der Waals surface area contributed by atoms with Crippen molar-refractivity contribution in [3.8, 4) is 0 Å². The molecule has 2 aromatic heterocycles. The summed E-state index contributed by atoms with van der Waals surface area (Å²) in [6.07, 6.45) is 2.46. The first-order valence-corrected chi connectivity index (χ1v) is 3.96. The summed E-state index contributed by atoms with van der Waals surface area (Å²) in [5.74, 6) is -1.61. The quantitative estimate of drug-likeness (QED) is 0.726. The number of aromatic nitrogens is 2. The van der Waals surface area contributed by atoms with Crippen LogP contribution in [0.15, 0.2) is 12.4 Å². The number of aryl methyl sites for hydroxylation is 1. The smallest absolute Gasteiger partial charge is 0.352 e. The van der Waals surface area contributed by atoms with Gasteiger partial charge in [0.1, 0.15) is 5.69 Å². The first-order valence-electron chi connectivity index (χ1n) is 3.96. The molecule has 2 N–H and O–H groups in total. The Morgan fingerprint density at radius 3 is 2.86 bits per heavy atom. The standard InChI is InChI=1S/C9H7FN2O2/c1-4-7-5(10)2-11-3-6(7)12-8(4)9(13)14/h2-3,12H,1H3,(H,13,14). The molecule has 2 rings (SSSR count). The van der Waals surface area contributed by atoms with E-state index >= 15 is 0 Å². The van der Waals surface area contributed by atoms with E-state index in [4.69, 9.17) is 5.11 Å². The molecule has 0 spiro atoms. The highest BCUT2D eigenvalue weighted by Crippen LogP contribution is 2.23. The predicted octanol–water partition coefficient (Wildman–Crippen LogP) is 1.71. The summed E-state index contributed by atoms with van der Waals surface area (Å²) in [5.41, 5.74) is 0.805. The zero-order valence-corrected chi connectivity index (χ0v) is 7.34. The molecule has 0 aliphatic heterocycles. The number of nitrogens with one attached hydrogen (secondary N) is 1. The molecule has 0 saturated carbocycles. The minimum atomic E-state index is -1.10. The van der Waals surface area contributed by atoms with Crippen molar-refractivity contribution in [3.05, 3.63) is 29.5 Å². The van der Waals surface area contributed by atoms with Crippen LogP contribution in [0.1, 0.15) is 16.1 Å². The van der Waals surface area contributed by atoms with Crippen LogP contribution in [0.5, 0.6) is 0 Å². The van der Waals surface area contributed by atoms with Crippen LogP contribution in [0, 0.1) is 12.7 Å². The summed E-state index contributed by atoms with van der Waals surface area (Å²) in [7, 11) is 0. The van der Waals surface area contributed by atoms with Gasteiger partial charge in [0, 0.05) is 5.39 Å². The van der Waals surface area contributed by atoms with Crippen molar-refractivity contribution in [2.45, 2.75) is 6.92 Å². The molecule has 4 nitrogen and oxygen atoms in total. The third-order valence-corrected chi connectivity index (χ3v) is 2.12. The highest BCUT2D eigenvalue weighted by Gasteiger charge is 2.15. The molecule has 2 heterocycles. The van der Waals surface area contributed by atoms with E-state index in [0.717, 1.165) is 6.20 Å². The lowest BCUT2D eigenvalue weighted by Gasteiger charge is -1.92. The SMILES string of the molecule is Cc1c(C(=O)O)[nH]c2cncc(F)c12. The van der Waals surface area contributed by atoms with E-state index in [2.05, 4.69) is 9.97 Å². The van der Waals surface area contributed by atoms with Crippen LogP contribution in [-0.4, -0.2) is 21.0 Å². The van der Waals surface area contributed by atoms with E-state index in [1.54, 1.807) is 6.92 Å². The second-order valence-electron chi connectivity index (χ2n) is 2.97. The highest BCUT2D eigenvalue weighted by atomic mass is 19.1. The van der Waals surface area contributed by atoms with E-state index in [1.165, 1.54) is 6.20 Å². The number of aromatic amines is 1. The average Bonchev–Trinajstić information content (AvgIpc) is 2.45. The van der Waals surface area contributed by atoms with E-state index in [0.29, 0.717) is 11.1 Å². The first-order chi connectivity index (χ1) is 6.61. The zero-order chi connectivity index (χ0) is 10.3. The van der Waals surface area contributed by atoms with Gasteiger partial charge in [-0.2, -0.15) is 0 Å². The molecule has 14 heavy (non-hydrogen) atoms. The number of hydrogen-bond acceptors (Lipinski definition) is 2. The van der Waals surface area contributed by atoms with Crippen LogP contribution in [0.3, 0.4) is 0 Å². The maximum absolute atomic E-state index is 13.2. The van der Waals surface area contributed by atoms with Crippen molar-refractivity contribution >= 4 is 16.9 Å². The monoisotopic (exact) mass is 194 g/mol. The van der Waals surface area contributed by atoms with Crippen LogP contribution < -0.4 is 0 Å². The third-order valence-electron chi connectivity index (χ3n) is 2.12. The Labute approximate surface area is 78.4 Å². The number of hydrogen-bond donors (Lipinski definition) is 2. The molecule has 0 atom stereocenters. The van der Waals surface area contributed by atoms with Gasteiger partial charge in [0.25, 0.3) is 0 Å². The molecule has 0 unspecified atom stereocenters. The molecule has 0 aliphatic carbocycles. The molecular weight excluding hydrogens is 187 g/mol. The third kappa shape index (κ3) is 1.06. The number of carbonyl (C=O) groups is 1. The molecule has 0 bridgehead atoms. The molecule has 5 heteroatoms. The molecule has 72 valence electrons. The van der Waals surface area contributed by atoms with E-state index < -0.39 is 11.8 Å². The predicted molar refractivity (Wildman–Crippen MR) is 47.7 cm³/mol. The Balaban J connectivity index is 2.87. The number of carboxylic acids is 1. The molecule has 0 radical (unpaired) electrons. The van der Waals surface area contributed by atoms with Crippen LogP contribution in [-0.2, 0) is 0 Å². The second kappa shape index (κ2) is 2.80. The first kappa shape index (κ1) is 8.68. The van der Waals surface area contributed by atoms with E-state index in [9.17, 15) is 9.18 Å². The Kier molecular flexibility index (Phi) is 1.73. The van der Waals surface area contributed by atoms with E-state index in [1.807, 2.05) is 0 Å². The maximum atomic E-state index is 13.2. The van der Waals surface area contributed by atoms with Crippen molar-refractivity contribution in [2.24, 2.45) is 0 Å². The lowest BCUT2D eigenvalue weighted by atomic mass is 10.2. The lowest BCUT2D eigenvalue weighted by molar-refractivity contribution is 0.0691. The van der Waals surface area contributed by atoms with Gasteiger partial charge in [-0.1, -0.05) is 0 Å². The number of H-pyrrole nitrogens is 1. The van der Waals surface area contributed by atoms with Crippen LogP contribution in [0.4, 0.5) is 4.39 Å². The minimum Gasteiger partial charge on any atom is -0.477 e. The summed E-state index contributed by atoms with van der Waals surface area (Å²) < 4.78 is 13.2. The number of aromatic carboxylic acids is 1. The Morgan fingerprint density at radius 1 is 1.57 bits per heavy atom. The van der Waals surface area contributed by atoms with Crippen molar-refractivity contribution < 1.29 is 14.3 Å². The fourth-order valence-corrected chi connectivity index (χ4v) is 1.48. The van der Waals surface area contributed by atoms with Gasteiger partial charge < -0.3 is 10.1 Å². The average molecular weight is 194 g/mol. The van der Waals surface area contributed by atoms with Crippen LogP contribution in [0.2, 0.25) is 0 Å². The zero-order valence-electron chi connectivity index (χ0n) is 7.34. The Morgan fingerprint density at radius 2 is 2.29 bits per heavy atom. The summed E-state index contributed by atoms with van der Waals surface area (Å²) in [4.78, 5) is 17.0. The normalized spacial score (nSPS) is 10.7. The fourth-order valence-electron chi connectivity index (χ4n) is 1.48. The van der Waals surface area contributed by atoms with Crippen molar-refractivity contribution in [2.75, 3.05) is 0 Å². The Bertz CT molecular complexity index is 519. The highest BCUT2D eigenvalue weighted by molar-refractivity contribution is 5.97. The van der Waals surface area contributed by atoms with Gasteiger partial charge in [-0.05, 0) is 12.5 Å². The van der Waals surface area contributed by atoms with Gasteiger partial charge in [0.2, 0.25) is 0 Å². The van der Waals surface area contributed by atoms with Crippen molar-refractivity contribution in [3.63, 3.8) is 0 Å². The number of fused-ring (bicyclic) bond motifs is 1. The van der Waals surface area contributed by atoms with Gasteiger partial charge in [0.15, 0.2) is 5.82 Å². The topological polar surface area (TPSA) is 66.0 Å². The number of carboxylic acid groups (broad SMARTS) is 1. The molecule has 0 saturated heterocycles. The van der Waals surface area contributed by atoms with Gasteiger partial charge in [-0.3, -0.25) is 4.98 Å². The largest absolute Gasteiger partial charge is 0.477 e. The van der Waals surface area contributed by atoms with Crippen LogP contribution in [0.25, 0.3) is 10.9 Å². The molecule has 0 fully saturated rings. The number of rotatable bonds is 1. The van der Waals surface area contributed by atoms with Gasteiger partial charge >= 0.3 is 5.97 Å². The van der Waals surface area contributed by atoms with Crippen LogP contribution >= 0.6 is 0 Å². The summed E-state index contributed by atoms with van der Waals surface area (Å²) >= 11 is 0. The second-order valence-corrected chi connectivity index (χ2v) is 2.97. The molecule has 0 aliphatic rings. The van der Waals surface area contributed by atoms with Gasteiger partial charge in [-0.25, -0.2) is 9.18 Å². The molecular formula is C9H7FN2O2. The molecule has 0 aromatic carbocycles. The van der Waals surface area contributed by atoms with Gasteiger partial charge in [0.05, 0.1) is 17.9 Å². The number of nitrogens with zero attached hydrogens (tertiary/aromatic N) is 1. The lowest BCUT2D eigenvalue weighted by Crippen LogP contribution is -1.98.